The molecule has 0 radical (unpaired) electrons. The molecule has 1 aromatic carbocycles. The van der Waals surface area contributed by atoms with E-state index in [0.29, 0.717) is 29.4 Å². The maximum absolute atomic E-state index is 12.8. The van der Waals surface area contributed by atoms with Crippen molar-refractivity contribution < 1.29 is 9.59 Å². The summed E-state index contributed by atoms with van der Waals surface area (Å²) in [7, 11) is 0. The molecule has 1 saturated heterocycles. The summed E-state index contributed by atoms with van der Waals surface area (Å²) in [6, 6.07) is 7.44. The summed E-state index contributed by atoms with van der Waals surface area (Å²) in [6.45, 7) is 0. The van der Waals surface area contributed by atoms with Crippen LogP contribution in [0.5, 0.6) is 0 Å². The van der Waals surface area contributed by atoms with E-state index in [2.05, 4.69) is 28.1 Å². The first-order chi connectivity index (χ1) is 10.2. The third-order valence-corrected chi connectivity index (χ3v) is 6.28. The smallest absolute Gasteiger partial charge is 0.238 e. The van der Waals surface area contributed by atoms with Crippen molar-refractivity contribution in [3.8, 4) is 0 Å². The van der Waals surface area contributed by atoms with Crippen LogP contribution in [-0.4, -0.2) is 11.8 Å². The van der Waals surface area contributed by atoms with E-state index >= 15 is 0 Å². The summed E-state index contributed by atoms with van der Waals surface area (Å²) in [5.74, 6) is 1.70. The van der Waals surface area contributed by atoms with Crippen molar-refractivity contribution in [3.63, 3.8) is 0 Å². The zero-order valence-electron chi connectivity index (χ0n) is 11.3. The number of allylic oxidation sites excluding steroid dienone is 2. The van der Waals surface area contributed by atoms with Gasteiger partial charge in [-0.1, -0.05) is 28.1 Å². The first kappa shape index (κ1) is 12.2. The van der Waals surface area contributed by atoms with Crippen molar-refractivity contribution in [3.05, 3.63) is 40.9 Å². The number of hydrogen-bond donors (Lipinski definition) is 0. The number of benzene rings is 1. The molecule has 0 N–H and O–H groups in total. The van der Waals surface area contributed by atoms with Crippen LogP contribution in [0.1, 0.15) is 6.42 Å². The van der Waals surface area contributed by atoms with Gasteiger partial charge in [-0.25, -0.2) is 0 Å². The van der Waals surface area contributed by atoms with Gasteiger partial charge in [0.2, 0.25) is 11.8 Å². The second-order valence-corrected chi connectivity index (χ2v) is 7.56. The summed E-state index contributed by atoms with van der Waals surface area (Å²) < 4.78 is 0.950. The third kappa shape index (κ3) is 1.44. The monoisotopic (exact) mass is 343 g/mol. The third-order valence-electron chi connectivity index (χ3n) is 5.75. The Balaban J connectivity index is 1.58. The van der Waals surface area contributed by atoms with Crippen LogP contribution in [0.3, 0.4) is 0 Å². The van der Waals surface area contributed by atoms with Gasteiger partial charge in [-0.3, -0.25) is 14.5 Å². The zero-order chi connectivity index (χ0) is 14.3. The predicted molar refractivity (Wildman–Crippen MR) is 81.3 cm³/mol. The average molecular weight is 344 g/mol. The van der Waals surface area contributed by atoms with Gasteiger partial charge in [0.1, 0.15) is 0 Å². The van der Waals surface area contributed by atoms with Crippen molar-refractivity contribution in [1.29, 1.82) is 0 Å². The molecule has 2 amide bonds. The maximum atomic E-state index is 12.8. The molecule has 6 atom stereocenters. The first-order valence-electron chi connectivity index (χ1n) is 7.48. The van der Waals surface area contributed by atoms with E-state index in [-0.39, 0.29) is 23.7 Å². The summed E-state index contributed by atoms with van der Waals surface area (Å²) >= 11 is 3.39. The molecule has 3 nitrogen and oxygen atoms in total. The van der Waals surface area contributed by atoms with Crippen LogP contribution in [-0.2, 0) is 9.59 Å². The highest BCUT2D eigenvalue weighted by molar-refractivity contribution is 9.10. The fourth-order valence-corrected chi connectivity index (χ4v) is 5.07. The molecular weight excluding hydrogens is 330 g/mol. The van der Waals surface area contributed by atoms with Crippen molar-refractivity contribution in [1.82, 2.24) is 0 Å². The maximum Gasteiger partial charge on any atom is 0.238 e. The van der Waals surface area contributed by atoms with Gasteiger partial charge in [-0.05, 0) is 54.4 Å². The minimum atomic E-state index is -0.111. The normalized spacial score (nSPS) is 42.2. The molecule has 4 aliphatic carbocycles. The van der Waals surface area contributed by atoms with E-state index in [1.165, 1.54) is 11.3 Å². The lowest BCUT2D eigenvalue weighted by molar-refractivity contribution is -0.124. The SMILES string of the molecule is O=C1[C@@H]2[C@@H]3C=C[C@@H]([C@@H]4C[C@H]34)[C@@H]2C(=O)N1c1ccc(Br)cc1. The lowest BCUT2D eigenvalue weighted by Crippen LogP contribution is -2.40. The molecular formula is C17H14BrNO2. The van der Waals surface area contributed by atoms with Crippen molar-refractivity contribution in [2.75, 3.05) is 4.90 Å². The zero-order valence-corrected chi connectivity index (χ0v) is 12.9. The molecule has 0 unspecified atom stereocenters. The van der Waals surface area contributed by atoms with E-state index in [4.69, 9.17) is 0 Å². The minimum absolute atomic E-state index is 0.0111. The highest BCUT2D eigenvalue weighted by Crippen LogP contribution is 2.65. The Morgan fingerprint density at radius 1 is 0.905 bits per heavy atom. The van der Waals surface area contributed by atoms with Crippen LogP contribution in [0.4, 0.5) is 5.69 Å². The molecule has 2 bridgehead atoms. The Bertz CT molecular complexity index is 659. The topological polar surface area (TPSA) is 37.4 Å². The van der Waals surface area contributed by atoms with Crippen LogP contribution in [0.2, 0.25) is 0 Å². The van der Waals surface area contributed by atoms with Gasteiger partial charge >= 0.3 is 0 Å². The summed E-state index contributed by atoms with van der Waals surface area (Å²) in [6.07, 6.45) is 5.61. The summed E-state index contributed by atoms with van der Waals surface area (Å²) in [5, 5.41) is 0. The molecule has 2 saturated carbocycles. The van der Waals surface area contributed by atoms with Crippen LogP contribution in [0, 0.1) is 35.5 Å². The van der Waals surface area contributed by atoms with Crippen LogP contribution in [0.15, 0.2) is 40.9 Å². The van der Waals surface area contributed by atoms with Gasteiger partial charge in [-0.15, -0.1) is 0 Å². The molecule has 0 spiro atoms. The number of imide groups is 1. The Labute approximate surface area is 131 Å². The number of hydrogen-bond acceptors (Lipinski definition) is 2. The van der Waals surface area contributed by atoms with Gasteiger partial charge in [0.25, 0.3) is 0 Å². The molecule has 3 fully saturated rings. The van der Waals surface area contributed by atoms with Crippen LogP contribution >= 0.6 is 15.9 Å². The second-order valence-electron chi connectivity index (χ2n) is 6.64. The fraction of sp³-hybridized carbons (Fsp3) is 0.412. The number of carbonyl (C=O) groups excluding carboxylic acids is 2. The summed E-state index contributed by atoms with van der Waals surface area (Å²) in [4.78, 5) is 27.1. The van der Waals surface area contributed by atoms with Crippen LogP contribution < -0.4 is 4.90 Å². The molecule has 5 aliphatic rings. The molecule has 1 heterocycles. The van der Waals surface area contributed by atoms with E-state index in [1.807, 2.05) is 24.3 Å². The fourth-order valence-electron chi connectivity index (χ4n) is 4.80. The molecule has 0 aromatic heterocycles. The standard InChI is InChI=1S/C17H14BrNO2/c18-8-1-3-9(4-2-8)19-16(20)14-10-5-6-11(13-7-12(10)13)15(14)17(19)21/h1-6,10-15H,7H2/t10-,11+,12-,13+,14-,15+. The Kier molecular flexibility index (Phi) is 2.23. The minimum Gasteiger partial charge on any atom is -0.274 e. The van der Waals surface area contributed by atoms with E-state index in [9.17, 15) is 9.59 Å². The number of anilines is 1. The van der Waals surface area contributed by atoms with E-state index in [0.717, 1.165) is 4.47 Å². The Morgan fingerprint density at radius 2 is 1.43 bits per heavy atom. The first-order valence-corrected chi connectivity index (χ1v) is 8.28. The van der Waals surface area contributed by atoms with Crippen LogP contribution in [0.25, 0.3) is 0 Å². The van der Waals surface area contributed by atoms with Gasteiger partial charge < -0.3 is 0 Å². The van der Waals surface area contributed by atoms with E-state index in [1.54, 1.807) is 0 Å². The molecule has 21 heavy (non-hydrogen) atoms. The number of halogens is 1. The Morgan fingerprint density at radius 3 is 1.95 bits per heavy atom. The Hall–Kier alpha value is -1.42. The van der Waals surface area contributed by atoms with Gasteiger partial charge in [0, 0.05) is 4.47 Å². The highest BCUT2D eigenvalue weighted by Gasteiger charge is 2.67. The molecule has 6 rings (SSSR count). The van der Waals surface area contributed by atoms with Gasteiger partial charge in [0.05, 0.1) is 17.5 Å². The average Bonchev–Trinajstić information content (AvgIpc) is 3.26. The summed E-state index contributed by atoms with van der Waals surface area (Å²) in [5.41, 5.74) is 0.704. The number of carbonyl (C=O) groups is 2. The second kappa shape index (κ2) is 3.86. The lowest BCUT2D eigenvalue weighted by Gasteiger charge is -2.37. The van der Waals surface area contributed by atoms with E-state index < -0.39 is 0 Å². The van der Waals surface area contributed by atoms with Crippen molar-refractivity contribution >= 4 is 33.4 Å². The number of nitrogens with zero attached hydrogens (tertiary/aromatic N) is 1. The highest BCUT2D eigenvalue weighted by atomic mass is 79.9. The molecule has 1 aromatic rings. The molecule has 106 valence electrons. The van der Waals surface area contributed by atoms with Gasteiger partial charge in [-0.2, -0.15) is 0 Å². The number of amides is 2. The predicted octanol–water partition coefficient (Wildman–Crippen LogP) is 3.01. The quantitative estimate of drug-likeness (QED) is 0.580. The molecule has 1 aliphatic heterocycles. The van der Waals surface area contributed by atoms with Crippen molar-refractivity contribution in [2.24, 2.45) is 35.5 Å². The van der Waals surface area contributed by atoms with Gasteiger partial charge in [0.15, 0.2) is 0 Å². The molecule has 4 heteroatoms. The lowest BCUT2D eigenvalue weighted by atomic mass is 9.63. The number of rotatable bonds is 1. The largest absolute Gasteiger partial charge is 0.274 e. The van der Waals surface area contributed by atoms with Crippen molar-refractivity contribution in [2.45, 2.75) is 6.42 Å².